The number of carbonyl (C=O) groups is 2. The SMILES string of the molecule is CC[C@H]1OC(=O)[C@H](C)[C@@H](OC2C[C@@](C)(OC)[C@@H](O)[C@H](C)O2)[C@H](C)[C@@H](O[C@@H]2O[C@H](C)C[C@H](N(C)C)[C@H]2O)[C@](C)(OC)C[C@@H](C)C(=O)N[C@H](C)[C@@H](O)[C@]1(C)O. The van der Waals surface area contributed by atoms with E-state index in [-0.39, 0.29) is 31.4 Å². The first-order chi connectivity index (χ1) is 24.5. The summed E-state index contributed by atoms with van der Waals surface area (Å²) in [5.74, 6) is -3.58. The van der Waals surface area contributed by atoms with Gasteiger partial charge in [-0.05, 0) is 81.8 Å². The third-order valence-corrected chi connectivity index (χ3v) is 12.2. The second-order valence-corrected chi connectivity index (χ2v) is 16.7. The number of likely N-dealkylation sites (N-methyl/N-ethyl adjacent to an activating group) is 1. The molecule has 0 spiro atoms. The minimum atomic E-state index is -1.94. The van der Waals surface area contributed by atoms with Gasteiger partial charge in [-0.2, -0.15) is 0 Å². The molecule has 3 heterocycles. The Kier molecular flexibility index (Phi) is 15.7. The number of aliphatic hydroxyl groups is 4. The van der Waals surface area contributed by atoms with Gasteiger partial charge in [0.25, 0.3) is 0 Å². The first-order valence-corrected chi connectivity index (χ1v) is 19.1. The van der Waals surface area contributed by atoms with Crippen LogP contribution in [-0.2, 0) is 42.7 Å². The number of cyclic esters (lactones) is 1. The van der Waals surface area contributed by atoms with E-state index in [1.165, 1.54) is 21.1 Å². The Morgan fingerprint density at radius 2 is 1.49 bits per heavy atom. The van der Waals surface area contributed by atoms with Crippen LogP contribution in [0.25, 0.3) is 0 Å². The first kappa shape index (κ1) is 45.9. The maximum atomic E-state index is 14.2. The first-order valence-electron chi connectivity index (χ1n) is 19.1. The normalized spacial score (nSPS) is 48.4. The average Bonchev–Trinajstić information content (AvgIpc) is 3.09. The number of methoxy groups -OCH3 is 2. The molecule has 0 aromatic heterocycles. The van der Waals surface area contributed by atoms with Gasteiger partial charge in [-0.15, -0.1) is 0 Å². The minimum absolute atomic E-state index is 0.104. The smallest absolute Gasteiger partial charge is 0.311 e. The maximum absolute atomic E-state index is 14.2. The molecular weight excluding hydrogens is 692 g/mol. The molecule has 3 saturated heterocycles. The van der Waals surface area contributed by atoms with Crippen molar-refractivity contribution in [1.82, 2.24) is 10.2 Å². The van der Waals surface area contributed by atoms with Crippen LogP contribution in [0.2, 0.25) is 0 Å². The second-order valence-electron chi connectivity index (χ2n) is 16.7. The molecule has 3 aliphatic heterocycles. The van der Waals surface area contributed by atoms with E-state index in [1.54, 1.807) is 48.5 Å². The van der Waals surface area contributed by atoms with Crippen LogP contribution in [0, 0.1) is 17.8 Å². The number of aliphatic hydroxyl groups excluding tert-OH is 3. The summed E-state index contributed by atoms with van der Waals surface area (Å²) >= 11 is 0. The monoisotopic (exact) mass is 762 g/mol. The molecule has 3 fully saturated rings. The predicted molar refractivity (Wildman–Crippen MR) is 194 cm³/mol. The largest absolute Gasteiger partial charge is 0.459 e. The van der Waals surface area contributed by atoms with E-state index < -0.39 is 108 Å². The standard InChI is InChI=1S/C38H70N2O13/c1-15-26-38(10,46)30(42)23(6)39-33(44)19(2)17-37(9,48-14)32(53-35-28(41)25(40(11)12)16-20(3)49-35)21(4)29(22(5)34(45)51-26)52-27-18-36(8,47-13)31(43)24(7)50-27/h19-32,35,41-43,46H,15-18H2,1-14H3,(H,39,44)/t19-,20-,21+,22-,23-,24+,25+,26-,27?,28-,29+,30-,31+,32-,35+,36-,37-,38-/m1/s1. The van der Waals surface area contributed by atoms with Gasteiger partial charge < -0.3 is 63.8 Å². The van der Waals surface area contributed by atoms with Gasteiger partial charge in [-0.25, -0.2) is 0 Å². The van der Waals surface area contributed by atoms with Crippen molar-refractivity contribution in [3.63, 3.8) is 0 Å². The molecule has 15 heteroatoms. The third-order valence-electron chi connectivity index (χ3n) is 12.2. The summed E-state index contributed by atoms with van der Waals surface area (Å²) in [5.41, 5.74) is -4.23. The fraction of sp³-hybridized carbons (Fsp3) is 0.947. The molecule has 0 aromatic carbocycles. The van der Waals surface area contributed by atoms with E-state index in [1.807, 2.05) is 32.8 Å². The molecule has 53 heavy (non-hydrogen) atoms. The van der Waals surface area contributed by atoms with Crippen LogP contribution in [-0.4, -0.2) is 156 Å². The lowest BCUT2D eigenvalue weighted by molar-refractivity contribution is -0.319. The lowest BCUT2D eigenvalue weighted by Crippen LogP contribution is -2.61. The van der Waals surface area contributed by atoms with Crippen LogP contribution >= 0.6 is 0 Å². The van der Waals surface area contributed by atoms with Crippen molar-refractivity contribution in [2.24, 2.45) is 17.8 Å². The van der Waals surface area contributed by atoms with Crippen molar-refractivity contribution in [3.8, 4) is 0 Å². The van der Waals surface area contributed by atoms with Crippen LogP contribution < -0.4 is 5.32 Å². The maximum Gasteiger partial charge on any atom is 0.311 e. The third kappa shape index (κ3) is 10.1. The highest BCUT2D eigenvalue weighted by molar-refractivity contribution is 5.78. The van der Waals surface area contributed by atoms with Gasteiger partial charge in [0.1, 0.15) is 30.0 Å². The number of esters is 1. The molecule has 310 valence electrons. The van der Waals surface area contributed by atoms with Gasteiger partial charge in [-0.3, -0.25) is 9.59 Å². The van der Waals surface area contributed by atoms with E-state index >= 15 is 0 Å². The van der Waals surface area contributed by atoms with Crippen LogP contribution in [0.1, 0.15) is 94.9 Å². The number of ether oxygens (including phenoxy) is 7. The van der Waals surface area contributed by atoms with Crippen molar-refractivity contribution in [3.05, 3.63) is 0 Å². The lowest BCUT2D eigenvalue weighted by atomic mass is 9.77. The van der Waals surface area contributed by atoms with Crippen molar-refractivity contribution in [2.75, 3.05) is 28.3 Å². The number of hydrogen-bond donors (Lipinski definition) is 5. The van der Waals surface area contributed by atoms with Gasteiger partial charge in [0, 0.05) is 38.5 Å². The number of rotatable bonds is 8. The molecule has 1 unspecified atom stereocenters. The summed E-state index contributed by atoms with van der Waals surface area (Å²) in [6, 6.07) is -1.21. The summed E-state index contributed by atoms with van der Waals surface area (Å²) in [5, 5.41) is 48.3. The molecule has 0 aromatic rings. The molecular formula is C38H70N2O13. The fourth-order valence-electron chi connectivity index (χ4n) is 8.42. The van der Waals surface area contributed by atoms with E-state index in [2.05, 4.69) is 5.32 Å². The lowest BCUT2D eigenvalue weighted by Gasteiger charge is -2.49. The van der Waals surface area contributed by atoms with Gasteiger partial charge in [0.2, 0.25) is 5.91 Å². The van der Waals surface area contributed by atoms with E-state index in [0.717, 1.165) is 0 Å². The minimum Gasteiger partial charge on any atom is -0.459 e. The highest BCUT2D eigenvalue weighted by Gasteiger charge is 2.53. The number of nitrogens with one attached hydrogen (secondary N) is 1. The van der Waals surface area contributed by atoms with E-state index in [0.29, 0.717) is 6.42 Å². The van der Waals surface area contributed by atoms with Gasteiger partial charge >= 0.3 is 5.97 Å². The molecule has 0 aliphatic carbocycles. The summed E-state index contributed by atoms with van der Waals surface area (Å²) < 4.78 is 43.9. The van der Waals surface area contributed by atoms with Crippen LogP contribution in [0.3, 0.4) is 0 Å². The van der Waals surface area contributed by atoms with Gasteiger partial charge in [0.05, 0.1) is 47.6 Å². The molecule has 0 radical (unpaired) electrons. The molecule has 5 N–H and O–H groups in total. The van der Waals surface area contributed by atoms with E-state index in [4.69, 9.17) is 33.2 Å². The molecule has 1 amide bonds. The Labute approximate surface area is 316 Å². The Morgan fingerprint density at radius 3 is 2.04 bits per heavy atom. The van der Waals surface area contributed by atoms with Crippen molar-refractivity contribution in [2.45, 2.75) is 185 Å². The van der Waals surface area contributed by atoms with Gasteiger partial charge in [-0.1, -0.05) is 20.8 Å². The Bertz CT molecular complexity index is 1210. The summed E-state index contributed by atoms with van der Waals surface area (Å²) in [6.07, 6.45) is -8.77. The van der Waals surface area contributed by atoms with Crippen molar-refractivity contribution in [1.29, 1.82) is 0 Å². The number of amides is 1. The number of carbonyl (C=O) groups excluding carboxylic acids is 2. The Hall–Kier alpha value is -1.50. The summed E-state index contributed by atoms with van der Waals surface area (Å²) in [4.78, 5) is 29.9. The van der Waals surface area contributed by atoms with Crippen LogP contribution in [0.5, 0.6) is 0 Å². The van der Waals surface area contributed by atoms with Crippen molar-refractivity contribution >= 4 is 11.9 Å². The van der Waals surface area contributed by atoms with Crippen molar-refractivity contribution < 1.29 is 63.2 Å². The highest BCUT2D eigenvalue weighted by atomic mass is 16.7. The summed E-state index contributed by atoms with van der Waals surface area (Å²) in [7, 11) is 6.76. The second kappa shape index (κ2) is 18.2. The molecule has 3 aliphatic rings. The van der Waals surface area contributed by atoms with Gasteiger partial charge in [0.15, 0.2) is 12.6 Å². The topological polar surface area (TPSA) is 195 Å². The highest BCUT2D eigenvalue weighted by Crippen LogP contribution is 2.41. The predicted octanol–water partition coefficient (Wildman–Crippen LogP) is 1.74. The Morgan fingerprint density at radius 1 is 0.887 bits per heavy atom. The number of hydrogen-bond acceptors (Lipinski definition) is 14. The summed E-state index contributed by atoms with van der Waals surface area (Å²) in [6.45, 7) is 17.0. The van der Waals surface area contributed by atoms with E-state index in [9.17, 15) is 30.0 Å². The zero-order chi connectivity index (χ0) is 40.4. The molecule has 15 nitrogen and oxygen atoms in total. The molecule has 0 bridgehead atoms. The van der Waals surface area contributed by atoms with Crippen LogP contribution in [0.4, 0.5) is 0 Å². The van der Waals surface area contributed by atoms with Crippen LogP contribution in [0.15, 0.2) is 0 Å². The molecule has 18 atom stereocenters. The number of nitrogens with zero attached hydrogens (tertiary/aromatic N) is 1. The quantitative estimate of drug-likeness (QED) is 0.225. The zero-order valence-electron chi connectivity index (χ0n) is 34.4. The zero-order valence-corrected chi connectivity index (χ0v) is 34.4. The molecule has 0 saturated carbocycles. The molecule has 3 rings (SSSR count). The Balaban J connectivity index is 2.22. The fourth-order valence-corrected chi connectivity index (χ4v) is 8.42. The average molecular weight is 763 g/mol.